The Morgan fingerprint density at radius 2 is 2.57 bits per heavy atom. The van der Waals surface area contributed by atoms with Gasteiger partial charge in [0.1, 0.15) is 0 Å². The zero-order valence-corrected chi connectivity index (χ0v) is 8.10. The van der Waals surface area contributed by atoms with Gasteiger partial charge in [0.15, 0.2) is 0 Å². The maximum atomic E-state index is 11.1. The first-order chi connectivity index (χ1) is 6.67. The van der Waals surface area contributed by atoms with E-state index in [9.17, 15) is 4.79 Å². The van der Waals surface area contributed by atoms with E-state index in [2.05, 4.69) is 14.6 Å². The van der Waals surface area contributed by atoms with Crippen molar-refractivity contribution < 1.29 is 9.53 Å². The Hall–Kier alpha value is -1.83. The number of imidazole rings is 1. The third-order valence-electron chi connectivity index (χ3n) is 1.79. The number of rotatable bonds is 3. The van der Waals surface area contributed by atoms with Gasteiger partial charge in [0.2, 0.25) is 0 Å². The number of ether oxygens (including phenoxy) is 1. The van der Waals surface area contributed by atoms with Crippen molar-refractivity contribution in [3.63, 3.8) is 0 Å². The van der Waals surface area contributed by atoms with Gasteiger partial charge in [-0.3, -0.25) is 0 Å². The second-order valence-electron chi connectivity index (χ2n) is 2.90. The van der Waals surface area contributed by atoms with Crippen molar-refractivity contribution in [2.24, 2.45) is 7.05 Å². The minimum atomic E-state index is -0.783. The molecule has 1 unspecified atom stereocenters. The lowest BCUT2D eigenvalue weighted by Gasteiger charge is -2.00. The molecule has 0 spiro atoms. The fourth-order valence-corrected chi connectivity index (χ4v) is 1.09. The highest BCUT2D eigenvalue weighted by molar-refractivity contribution is 5.77. The second kappa shape index (κ2) is 4.42. The Labute approximate surface area is 82.1 Å². The number of carbonyl (C=O) groups excluding carboxylic acids is 1. The van der Waals surface area contributed by atoms with Crippen LogP contribution in [0.2, 0.25) is 0 Å². The van der Waals surface area contributed by atoms with Crippen LogP contribution in [-0.2, 0) is 23.0 Å². The molecule has 1 atom stereocenters. The lowest BCUT2D eigenvalue weighted by atomic mass is 10.2. The van der Waals surface area contributed by atoms with Gasteiger partial charge < -0.3 is 14.1 Å². The number of esters is 1. The molecule has 0 aliphatic heterocycles. The van der Waals surface area contributed by atoms with Gasteiger partial charge >= 0.3 is 12.0 Å². The first-order valence-electron chi connectivity index (χ1n) is 4.08. The molecule has 0 N–H and O–H groups in total. The van der Waals surface area contributed by atoms with Crippen LogP contribution in [0.5, 0.6) is 0 Å². The summed E-state index contributed by atoms with van der Waals surface area (Å²) in [4.78, 5) is 18.3. The molecule has 0 bridgehead atoms. The van der Waals surface area contributed by atoms with Crippen LogP contribution in [0.3, 0.4) is 0 Å². The van der Waals surface area contributed by atoms with Crippen molar-refractivity contribution in [1.29, 1.82) is 0 Å². The molecule has 0 aliphatic rings. The summed E-state index contributed by atoms with van der Waals surface area (Å²) in [5, 5.41) is 0. The largest absolute Gasteiger partial charge is 0.463 e. The van der Waals surface area contributed by atoms with Crippen molar-refractivity contribution in [2.75, 3.05) is 7.11 Å². The predicted octanol–water partition coefficient (Wildman–Crippen LogP) is 0.423. The van der Waals surface area contributed by atoms with E-state index in [0.29, 0.717) is 6.42 Å². The van der Waals surface area contributed by atoms with Crippen molar-refractivity contribution in [1.82, 2.24) is 9.55 Å². The molecule has 74 valence electrons. The van der Waals surface area contributed by atoms with Gasteiger partial charge in [-0.1, -0.05) is 0 Å². The molecule has 1 aromatic heterocycles. The van der Waals surface area contributed by atoms with Gasteiger partial charge in [-0.15, -0.1) is 0 Å². The molecule has 0 radical (unpaired) electrons. The number of nitrogens with zero attached hydrogens (tertiary/aromatic N) is 3. The number of carbonyl (C=O) groups is 1. The first-order valence-corrected chi connectivity index (χ1v) is 4.08. The molecule has 14 heavy (non-hydrogen) atoms. The van der Waals surface area contributed by atoms with E-state index in [1.165, 1.54) is 7.11 Å². The van der Waals surface area contributed by atoms with Crippen LogP contribution in [0, 0.1) is 6.57 Å². The van der Waals surface area contributed by atoms with Gasteiger partial charge in [0.25, 0.3) is 0 Å². The van der Waals surface area contributed by atoms with Gasteiger partial charge in [-0.25, -0.2) is 16.4 Å². The van der Waals surface area contributed by atoms with E-state index in [0.717, 1.165) is 5.69 Å². The predicted molar refractivity (Wildman–Crippen MR) is 49.3 cm³/mol. The quantitative estimate of drug-likeness (QED) is 0.516. The monoisotopic (exact) mass is 193 g/mol. The van der Waals surface area contributed by atoms with Crippen molar-refractivity contribution in [2.45, 2.75) is 12.5 Å². The van der Waals surface area contributed by atoms with E-state index in [-0.39, 0.29) is 0 Å². The second-order valence-corrected chi connectivity index (χ2v) is 2.90. The maximum Gasteiger partial charge on any atom is 0.390 e. The van der Waals surface area contributed by atoms with Gasteiger partial charge in [-0.05, 0) is 0 Å². The third-order valence-corrected chi connectivity index (χ3v) is 1.79. The van der Waals surface area contributed by atoms with Crippen LogP contribution in [-0.4, -0.2) is 28.7 Å². The lowest BCUT2D eigenvalue weighted by Crippen LogP contribution is -2.21. The van der Waals surface area contributed by atoms with E-state index in [1.54, 1.807) is 17.1 Å². The number of methoxy groups -OCH3 is 1. The molecule has 0 saturated carbocycles. The minimum absolute atomic E-state index is 0.303. The normalized spacial score (nSPS) is 11.8. The summed E-state index contributed by atoms with van der Waals surface area (Å²) in [7, 11) is 3.11. The maximum absolute atomic E-state index is 11.1. The molecule has 0 aromatic carbocycles. The van der Waals surface area contributed by atoms with E-state index in [1.807, 2.05) is 7.05 Å². The number of hydrogen-bond donors (Lipinski definition) is 0. The van der Waals surface area contributed by atoms with Crippen LogP contribution in [0.4, 0.5) is 0 Å². The van der Waals surface area contributed by atoms with E-state index >= 15 is 0 Å². The highest BCUT2D eigenvalue weighted by atomic mass is 16.5. The zero-order chi connectivity index (χ0) is 10.6. The average Bonchev–Trinajstić information content (AvgIpc) is 2.59. The summed E-state index contributed by atoms with van der Waals surface area (Å²) < 4.78 is 6.27. The van der Waals surface area contributed by atoms with Crippen LogP contribution < -0.4 is 0 Å². The van der Waals surface area contributed by atoms with Gasteiger partial charge in [-0.2, -0.15) is 0 Å². The topological polar surface area (TPSA) is 48.5 Å². The van der Waals surface area contributed by atoms with Gasteiger partial charge in [0.05, 0.1) is 25.6 Å². The summed E-state index contributed by atoms with van der Waals surface area (Å²) in [6.45, 7) is 6.84. The van der Waals surface area contributed by atoms with Crippen LogP contribution in [0.1, 0.15) is 5.69 Å². The molecule has 0 amide bonds. The fraction of sp³-hybridized carbons (Fsp3) is 0.444. The summed E-state index contributed by atoms with van der Waals surface area (Å²) >= 11 is 0. The van der Waals surface area contributed by atoms with E-state index in [4.69, 9.17) is 6.57 Å². The molecule has 0 saturated heterocycles. The zero-order valence-electron chi connectivity index (χ0n) is 8.10. The molecule has 1 aromatic rings. The van der Waals surface area contributed by atoms with Crippen LogP contribution >= 0.6 is 0 Å². The molecule has 0 aliphatic carbocycles. The number of aryl methyl sites for hydroxylation is 1. The standard InChI is InChI=1S/C9H11N3O2/c1-10-8(9(13)14-3)4-7-5-12(2)6-11-7/h5-6,8H,4H2,2-3H3. The Morgan fingerprint density at radius 1 is 1.86 bits per heavy atom. The molecule has 1 rings (SSSR count). The number of aromatic nitrogens is 2. The summed E-state index contributed by atoms with van der Waals surface area (Å²) in [6, 6.07) is -0.783. The SMILES string of the molecule is [C-]#[N+]C(Cc1cn(C)cn1)C(=O)OC. The molecular formula is C9H11N3O2. The number of hydrogen-bond acceptors (Lipinski definition) is 3. The Kier molecular flexibility index (Phi) is 3.24. The summed E-state index contributed by atoms with van der Waals surface area (Å²) in [6.07, 6.45) is 3.71. The summed E-state index contributed by atoms with van der Waals surface area (Å²) in [5.74, 6) is -0.509. The Morgan fingerprint density at radius 3 is 3.00 bits per heavy atom. The molecular weight excluding hydrogens is 182 g/mol. The Balaban J connectivity index is 2.67. The van der Waals surface area contributed by atoms with Crippen LogP contribution in [0.15, 0.2) is 12.5 Å². The fourth-order valence-electron chi connectivity index (χ4n) is 1.09. The van der Waals surface area contributed by atoms with Crippen LogP contribution in [0.25, 0.3) is 4.85 Å². The van der Waals surface area contributed by atoms with E-state index < -0.39 is 12.0 Å². The molecule has 1 heterocycles. The Bertz CT molecular complexity index is 364. The van der Waals surface area contributed by atoms with Crippen molar-refractivity contribution in [3.8, 4) is 0 Å². The minimum Gasteiger partial charge on any atom is -0.463 e. The first kappa shape index (κ1) is 10.3. The van der Waals surface area contributed by atoms with Crippen molar-refractivity contribution in [3.05, 3.63) is 29.6 Å². The van der Waals surface area contributed by atoms with Gasteiger partial charge in [0, 0.05) is 13.2 Å². The molecule has 5 nitrogen and oxygen atoms in total. The lowest BCUT2D eigenvalue weighted by molar-refractivity contribution is -0.141. The molecule has 0 fully saturated rings. The smallest absolute Gasteiger partial charge is 0.390 e. The molecule has 5 heteroatoms. The third kappa shape index (κ3) is 2.33. The highest BCUT2D eigenvalue weighted by Gasteiger charge is 2.25. The highest BCUT2D eigenvalue weighted by Crippen LogP contribution is 2.04. The average molecular weight is 193 g/mol. The summed E-state index contributed by atoms with van der Waals surface area (Å²) in [5.41, 5.74) is 0.721. The van der Waals surface area contributed by atoms with Crippen molar-refractivity contribution >= 4 is 5.97 Å².